The molecule has 1 aliphatic carbocycles. The molecule has 92 valence electrons. The normalized spacial score (nSPS) is 20.1. The highest BCUT2D eigenvalue weighted by molar-refractivity contribution is 5.76. The molecule has 0 spiro atoms. The van der Waals surface area contributed by atoms with Crippen LogP contribution in [0.2, 0.25) is 0 Å². The van der Waals surface area contributed by atoms with Crippen LogP contribution in [0.1, 0.15) is 37.4 Å². The molecule has 0 radical (unpaired) electrons. The van der Waals surface area contributed by atoms with Gasteiger partial charge in [-0.3, -0.25) is 4.79 Å². The summed E-state index contributed by atoms with van der Waals surface area (Å²) in [4.78, 5) is 11.4. The van der Waals surface area contributed by atoms with Crippen molar-refractivity contribution in [3.8, 4) is 0 Å². The van der Waals surface area contributed by atoms with Crippen LogP contribution in [0.25, 0.3) is 0 Å². The van der Waals surface area contributed by atoms with Gasteiger partial charge in [0, 0.05) is 0 Å². The van der Waals surface area contributed by atoms with Crippen molar-refractivity contribution in [1.82, 2.24) is 0 Å². The molecule has 17 heavy (non-hydrogen) atoms. The Morgan fingerprint density at radius 2 is 2.00 bits per heavy atom. The molecule has 0 aromatic heterocycles. The zero-order valence-electron chi connectivity index (χ0n) is 9.40. The Kier molecular flexibility index (Phi) is 3.15. The lowest BCUT2D eigenvalue weighted by Gasteiger charge is -2.30. The number of aliphatic hydroxyl groups excluding tert-OH is 1. The molecule has 1 aromatic rings. The molecule has 3 nitrogen and oxygen atoms in total. The largest absolute Gasteiger partial charge is 0.481 e. The third kappa shape index (κ3) is 2.05. The zero-order chi connectivity index (χ0) is 12.5. The van der Waals surface area contributed by atoms with E-state index in [0.717, 1.165) is 12.8 Å². The number of hydrogen-bond acceptors (Lipinski definition) is 2. The van der Waals surface area contributed by atoms with Gasteiger partial charge < -0.3 is 10.2 Å². The standard InChI is InChI=1S/C13H15FO3/c14-10-5-3-4-9(8-10)11(15)13(12(16)17)6-1-2-7-13/h3-5,8,11,15H,1-2,6-7H2,(H,16,17). The van der Waals surface area contributed by atoms with Crippen molar-refractivity contribution in [2.75, 3.05) is 0 Å². The Morgan fingerprint density at radius 3 is 2.53 bits per heavy atom. The minimum Gasteiger partial charge on any atom is -0.481 e. The van der Waals surface area contributed by atoms with Crippen LogP contribution in [0.15, 0.2) is 24.3 Å². The van der Waals surface area contributed by atoms with Crippen molar-refractivity contribution >= 4 is 5.97 Å². The van der Waals surface area contributed by atoms with Crippen LogP contribution in [0.5, 0.6) is 0 Å². The molecule has 0 saturated heterocycles. The molecule has 0 aliphatic heterocycles. The third-order valence-corrected chi connectivity index (χ3v) is 3.61. The van der Waals surface area contributed by atoms with Crippen LogP contribution in [0, 0.1) is 11.2 Å². The van der Waals surface area contributed by atoms with Crippen LogP contribution >= 0.6 is 0 Å². The van der Waals surface area contributed by atoms with Gasteiger partial charge in [0.15, 0.2) is 0 Å². The first kappa shape index (κ1) is 12.0. The van der Waals surface area contributed by atoms with Gasteiger partial charge in [-0.1, -0.05) is 25.0 Å². The summed E-state index contributed by atoms with van der Waals surface area (Å²) in [6, 6.07) is 5.53. The van der Waals surface area contributed by atoms with Gasteiger partial charge in [-0.15, -0.1) is 0 Å². The lowest BCUT2D eigenvalue weighted by atomic mass is 9.77. The quantitative estimate of drug-likeness (QED) is 0.850. The van der Waals surface area contributed by atoms with E-state index in [1.165, 1.54) is 18.2 Å². The molecule has 1 aliphatic rings. The van der Waals surface area contributed by atoms with E-state index >= 15 is 0 Å². The number of aliphatic hydroxyl groups is 1. The molecular formula is C13H15FO3. The highest BCUT2D eigenvalue weighted by atomic mass is 19.1. The Balaban J connectivity index is 2.35. The van der Waals surface area contributed by atoms with Gasteiger partial charge >= 0.3 is 5.97 Å². The molecule has 1 atom stereocenters. The highest BCUT2D eigenvalue weighted by Gasteiger charge is 2.48. The predicted octanol–water partition coefficient (Wildman–Crippen LogP) is 2.50. The molecule has 0 bridgehead atoms. The second kappa shape index (κ2) is 4.45. The number of carboxylic acid groups (broad SMARTS) is 1. The molecule has 0 heterocycles. The van der Waals surface area contributed by atoms with Crippen molar-refractivity contribution in [2.24, 2.45) is 5.41 Å². The van der Waals surface area contributed by atoms with Crippen molar-refractivity contribution in [3.63, 3.8) is 0 Å². The molecule has 0 amide bonds. The maximum Gasteiger partial charge on any atom is 0.312 e. The van der Waals surface area contributed by atoms with E-state index in [4.69, 9.17) is 0 Å². The number of aliphatic carboxylic acids is 1. The predicted molar refractivity (Wildman–Crippen MR) is 59.9 cm³/mol. The topological polar surface area (TPSA) is 57.5 Å². The van der Waals surface area contributed by atoms with Gasteiger partial charge in [-0.2, -0.15) is 0 Å². The van der Waals surface area contributed by atoms with Gasteiger partial charge in [-0.25, -0.2) is 4.39 Å². The average Bonchev–Trinajstić information content (AvgIpc) is 2.78. The third-order valence-electron chi connectivity index (χ3n) is 3.61. The van der Waals surface area contributed by atoms with E-state index in [0.29, 0.717) is 18.4 Å². The van der Waals surface area contributed by atoms with Crippen molar-refractivity contribution in [1.29, 1.82) is 0 Å². The molecule has 1 saturated carbocycles. The van der Waals surface area contributed by atoms with Gasteiger partial charge in [0.25, 0.3) is 0 Å². The number of carboxylic acids is 1. The summed E-state index contributed by atoms with van der Waals surface area (Å²) in [5.41, 5.74) is -0.803. The summed E-state index contributed by atoms with van der Waals surface area (Å²) in [6.45, 7) is 0. The van der Waals surface area contributed by atoms with Gasteiger partial charge in [0.05, 0.1) is 11.5 Å². The van der Waals surface area contributed by atoms with E-state index < -0.39 is 23.3 Å². The number of rotatable bonds is 3. The number of hydrogen-bond donors (Lipinski definition) is 2. The van der Waals surface area contributed by atoms with E-state index in [1.54, 1.807) is 6.07 Å². The van der Waals surface area contributed by atoms with Crippen LogP contribution in [-0.2, 0) is 4.79 Å². The fourth-order valence-corrected chi connectivity index (χ4v) is 2.61. The molecule has 2 rings (SSSR count). The van der Waals surface area contributed by atoms with Gasteiger partial charge in [0.1, 0.15) is 5.82 Å². The molecule has 4 heteroatoms. The molecule has 1 aromatic carbocycles. The molecular weight excluding hydrogens is 223 g/mol. The lowest BCUT2D eigenvalue weighted by Crippen LogP contribution is -2.34. The van der Waals surface area contributed by atoms with E-state index in [1.807, 2.05) is 0 Å². The van der Waals surface area contributed by atoms with E-state index in [-0.39, 0.29) is 0 Å². The van der Waals surface area contributed by atoms with Crippen LogP contribution in [0.4, 0.5) is 4.39 Å². The smallest absolute Gasteiger partial charge is 0.312 e. The van der Waals surface area contributed by atoms with Crippen LogP contribution in [-0.4, -0.2) is 16.2 Å². The summed E-state index contributed by atoms with van der Waals surface area (Å²) in [7, 11) is 0. The number of carbonyl (C=O) groups is 1. The van der Waals surface area contributed by atoms with Gasteiger partial charge in [0.2, 0.25) is 0 Å². The summed E-state index contributed by atoms with van der Waals surface area (Å²) in [5, 5.41) is 19.5. The maximum atomic E-state index is 13.1. The molecule has 1 unspecified atom stereocenters. The Morgan fingerprint density at radius 1 is 1.35 bits per heavy atom. The number of benzene rings is 1. The minimum atomic E-state index is -1.15. The van der Waals surface area contributed by atoms with Crippen LogP contribution < -0.4 is 0 Å². The lowest BCUT2D eigenvalue weighted by molar-refractivity contribution is -0.156. The SMILES string of the molecule is O=C(O)C1(C(O)c2cccc(F)c2)CCCC1. The second-order valence-electron chi connectivity index (χ2n) is 4.63. The maximum absolute atomic E-state index is 13.1. The second-order valence-corrected chi connectivity index (χ2v) is 4.63. The average molecular weight is 238 g/mol. The first-order chi connectivity index (χ1) is 8.06. The first-order valence-corrected chi connectivity index (χ1v) is 5.73. The fraction of sp³-hybridized carbons (Fsp3) is 0.462. The Bertz CT molecular complexity index is 424. The zero-order valence-corrected chi connectivity index (χ0v) is 9.40. The van der Waals surface area contributed by atoms with Crippen molar-refractivity contribution < 1.29 is 19.4 Å². The number of halogens is 1. The monoisotopic (exact) mass is 238 g/mol. The Hall–Kier alpha value is -1.42. The van der Waals surface area contributed by atoms with E-state index in [9.17, 15) is 19.4 Å². The van der Waals surface area contributed by atoms with Crippen molar-refractivity contribution in [2.45, 2.75) is 31.8 Å². The van der Waals surface area contributed by atoms with E-state index in [2.05, 4.69) is 0 Å². The molecule has 1 fully saturated rings. The Labute approximate surface area is 98.9 Å². The van der Waals surface area contributed by atoms with Gasteiger partial charge in [-0.05, 0) is 30.5 Å². The fourth-order valence-electron chi connectivity index (χ4n) is 2.61. The highest BCUT2D eigenvalue weighted by Crippen LogP contribution is 2.47. The summed E-state index contributed by atoms with van der Waals surface area (Å²) in [5.74, 6) is -1.45. The van der Waals surface area contributed by atoms with Crippen LogP contribution in [0.3, 0.4) is 0 Å². The summed E-state index contributed by atoms with van der Waals surface area (Å²) >= 11 is 0. The summed E-state index contributed by atoms with van der Waals surface area (Å²) < 4.78 is 13.1. The molecule has 2 N–H and O–H groups in total. The minimum absolute atomic E-state index is 0.342. The summed E-state index contributed by atoms with van der Waals surface area (Å²) in [6.07, 6.45) is 1.33. The first-order valence-electron chi connectivity index (χ1n) is 5.73. The van der Waals surface area contributed by atoms with Crippen molar-refractivity contribution in [3.05, 3.63) is 35.6 Å².